The SMILES string of the molecule is O=C(Cc1ccc(-c2cnc(Nc3ccc(C4CCNCC4)cc3)nc2)cc1F)Nc1cc(C2(C(F)(F)F)CC2)on1. The fourth-order valence-electron chi connectivity index (χ4n) is 5.25. The van der Waals surface area contributed by atoms with Crippen LogP contribution in [0.2, 0.25) is 0 Å². The molecule has 4 aromatic rings. The van der Waals surface area contributed by atoms with Crippen molar-refractivity contribution in [1.29, 1.82) is 0 Å². The minimum atomic E-state index is -4.46. The minimum absolute atomic E-state index is 0.0898. The third kappa shape index (κ3) is 5.85. The predicted molar refractivity (Wildman–Crippen MR) is 148 cm³/mol. The molecule has 1 amide bonds. The van der Waals surface area contributed by atoms with Crippen molar-refractivity contribution in [2.45, 2.75) is 49.6 Å². The van der Waals surface area contributed by atoms with Gasteiger partial charge in [0.05, 0.1) is 6.42 Å². The number of hydrogen-bond donors (Lipinski definition) is 3. The van der Waals surface area contributed by atoms with Crippen molar-refractivity contribution in [2.75, 3.05) is 23.7 Å². The van der Waals surface area contributed by atoms with E-state index in [-0.39, 0.29) is 36.4 Å². The summed E-state index contributed by atoms with van der Waals surface area (Å²) in [6, 6.07) is 13.7. The Morgan fingerprint density at radius 1 is 1.00 bits per heavy atom. The number of hydrogen-bond acceptors (Lipinski definition) is 7. The van der Waals surface area contributed by atoms with Crippen LogP contribution in [0.15, 0.2) is 65.4 Å². The largest absolute Gasteiger partial charge is 0.401 e. The highest BCUT2D eigenvalue weighted by atomic mass is 19.4. The molecule has 2 aromatic heterocycles. The number of carbonyl (C=O) groups excluding carboxylic acids is 1. The molecule has 0 atom stereocenters. The molecule has 1 saturated heterocycles. The number of halogens is 4. The quantitative estimate of drug-likeness (QED) is 0.212. The molecule has 3 N–H and O–H groups in total. The zero-order valence-corrected chi connectivity index (χ0v) is 22.5. The second kappa shape index (κ2) is 11.2. The number of aromatic nitrogens is 3. The van der Waals surface area contributed by atoms with Gasteiger partial charge in [0.15, 0.2) is 11.6 Å². The van der Waals surface area contributed by atoms with E-state index in [1.165, 1.54) is 17.7 Å². The van der Waals surface area contributed by atoms with E-state index in [1.807, 2.05) is 12.1 Å². The Labute approximate surface area is 238 Å². The summed E-state index contributed by atoms with van der Waals surface area (Å²) in [7, 11) is 0. The van der Waals surface area contributed by atoms with Gasteiger partial charge in [-0.05, 0) is 79.6 Å². The van der Waals surface area contributed by atoms with E-state index in [2.05, 4.69) is 43.2 Å². The van der Waals surface area contributed by atoms with Crippen LogP contribution in [0, 0.1) is 5.82 Å². The minimum Gasteiger partial charge on any atom is -0.358 e. The molecule has 0 unspecified atom stereocenters. The maximum absolute atomic E-state index is 14.9. The van der Waals surface area contributed by atoms with E-state index in [0.717, 1.165) is 37.7 Å². The molecular weight excluding hydrogens is 552 g/mol. The lowest BCUT2D eigenvalue weighted by molar-refractivity contribution is -0.165. The van der Waals surface area contributed by atoms with Gasteiger partial charge in [0, 0.05) is 29.7 Å². The first-order chi connectivity index (χ1) is 20.2. The number of anilines is 3. The normalized spacial score (nSPS) is 16.7. The Bertz CT molecular complexity index is 1560. The van der Waals surface area contributed by atoms with E-state index in [1.54, 1.807) is 18.5 Å². The highest BCUT2D eigenvalue weighted by Crippen LogP contribution is 2.59. The van der Waals surface area contributed by atoms with E-state index in [9.17, 15) is 22.4 Å². The van der Waals surface area contributed by atoms with Crippen molar-refractivity contribution >= 4 is 23.4 Å². The Balaban J connectivity index is 1.05. The second-order valence-corrected chi connectivity index (χ2v) is 10.8. The monoisotopic (exact) mass is 580 g/mol. The summed E-state index contributed by atoms with van der Waals surface area (Å²) in [4.78, 5) is 21.1. The summed E-state index contributed by atoms with van der Waals surface area (Å²) in [6.07, 6.45) is 0.439. The van der Waals surface area contributed by atoms with Gasteiger partial charge in [0.25, 0.3) is 0 Å². The van der Waals surface area contributed by atoms with Crippen molar-refractivity contribution in [3.63, 3.8) is 0 Å². The molecule has 12 heteroatoms. The van der Waals surface area contributed by atoms with Crippen molar-refractivity contribution in [3.05, 3.63) is 83.6 Å². The molecule has 2 fully saturated rings. The number of carbonyl (C=O) groups is 1. The van der Waals surface area contributed by atoms with Gasteiger partial charge in [-0.3, -0.25) is 4.79 Å². The molecule has 42 heavy (non-hydrogen) atoms. The standard InChI is InChI=1S/C30H28F4N6O2/c31-24-13-20(1-2-21(24)14-27(41)39-26-15-25(42-40-26)29(9-10-29)30(32,33)34)22-16-36-28(37-17-22)38-23-5-3-18(4-6-23)19-7-11-35-12-8-19/h1-6,13,15-17,19,35H,7-12,14H2,(H,36,37,38)(H,39,40,41). The van der Waals surface area contributed by atoms with E-state index >= 15 is 0 Å². The van der Waals surface area contributed by atoms with Crippen LogP contribution in [0.4, 0.5) is 35.0 Å². The van der Waals surface area contributed by atoms with Gasteiger partial charge < -0.3 is 20.5 Å². The summed E-state index contributed by atoms with van der Waals surface area (Å²) in [6.45, 7) is 2.07. The molecule has 1 saturated carbocycles. The Morgan fingerprint density at radius 2 is 1.71 bits per heavy atom. The highest BCUT2D eigenvalue weighted by molar-refractivity contribution is 5.91. The van der Waals surface area contributed by atoms with Gasteiger partial charge in [0.1, 0.15) is 11.2 Å². The Hall–Kier alpha value is -4.32. The Morgan fingerprint density at radius 3 is 2.36 bits per heavy atom. The van der Waals surface area contributed by atoms with Crippen LogP contribution < -0.4 is 16.0 Å². The molecule has 0 spiro atoms. The van der Waals surface area contributed by atoms with Crippen LogP contribution in [0.25, 0.3) is 11.1 Å². The first kappa shape index (κ1) is 27.8. The second-order valence-electron chi connectivity index (χ2n) is 10.8. The van der Waals surface area contributed by atoms with E-state index in [0.29, 0.717) is 23.0 Å². The molecule has 0 bridgehead atoms. The summed E-state index contributed by atoms with van der Waals surface area (Å²) >= 11 is 0. The summed E-state index contributed by atoms with van der Waals surface area (Å²) in [5.41, 5.74) is 1.37. The van der Waals surface area contributed by atoms with Crippen molar-refractivity contribution in [1.82, 2.24) is 20.4 Å². The van der Waals surface area contributed by atoms with Gasteiger partial charge in [-0.2, -0.15) is 13.2 Å². The predicted octanol–water partition coefficient (Wildman–Crippen LogP) is 6.26. The molecule has 1 aliphatic heterocycles. The molecule has 218 valence electrons. The van der Waals surface area contributed by atoms with Gasteiger partial charge in [0.2, 0.25) is 11.9 Å². The number of rotatable bonds is 8. The van der Waals surface area contributed by atoms with Crippen LogP contribution in [-0.4, -0.2) is 40.3 Å². The number of nitrogens with zero attached hydrogens (tertiary/aromatic N) is 3. The molecule has 6 rings (SSSR count). The molecule has 2 aliphatic rings. The number of nitrogens with one attached hydrogen (secondary N) is 3. The van der Waals surface area contributed by atoms with Gasteiger partial charge in [-0.25, -0.2) is 14.4 Å². The summed E-state index contributed by atoms with van der Waals surface area (Å²) in [5, 5.41) is 12.5. The molecule has 0 radical (unpaired) electrons. The first-order valence-electron chi connectivity index (χ1n) is 13.7. The van der Waals surface area contributed by atoms with Crippen molar-refractivity contribution < 1.29 is 26.9 Å². The fourth-order valence-corrected chi connectivity index (χ4v) is 5.25. The van der Waals surface area contributed by atoms with E-state index in [4.69, 9.17) is 4.52 Å². The number of alkyl halides is 3. The van der Waals surface area contributed by atoms with Crippen molar-refractivity contribution in [3.8, 4) is 11.1 Å². The zero-order chi connectivity index (χ0) is 29.3. The summed E-state index contributed by atoms with van der Waals surface area (Å²) < 4.78 is 59.6. The summed E-state index contributed by atoms with van der Waals surface area (Å²) in [5.74, 6) is -0.767. The lowest BCUT2D eigenvalue weighted by Gasteiger charge is -2.23. The van der Waals surface area contributed by atoms with Crippen LogP contribution in [0.3, 0.4) is 0 Å². The number of benzene rings is 2. The van der Waals surface area contributed by atoms with Crippen LogP contribution in [-0.2, 0) is 16.6 Å². The topological polar surface area (TPSA) is 105 Å². The molecule has 3 heterocycles. The van der Waals surface area contributed by atoms with Crippen LogP contribution in [0.1, 0.15) is 48.5 Å². The van der Waals surface area contributed by atoms with Crippen LogP contribution in [0.5, 0.6) is 0 Å². The first-order valence-corrected chi connectivity index (χ1v) is 13.7. The Kier molecular flexibility index (Phi) is 7.40. The average molecular weight is 581 g/mol. The molecule has 1 aliphatic carbocycles. The maximum atomic E-state index is 14.9. The third-order valence-electron chi connectivity index (χ3n) is 7.91. The molecular formula is C30H28F4N6O2. The molecule has 8 nitrogen and oxygen atoms in total. The van der Waals surface area contributed by atoms with Gasteiger partial charge in [-0.1, -0.05) is 29.4 Å². The van der Waals surface area contributed by atoms with Gasteiger partial charge in [-0.15, -0.1) is 0 Å². The third-order valence-corrected chi connectivity index (χ3v) is 7.91. The lowest BCUT2D eigenvalue weighted by atomic mass is 9.90. The fraction of sp³-hybridized carbons (Fsp3) is 0.333. The van der Waals surface area contributed by atoms with Gasteiger partial charge >= 0.3 is 6.18 Å². The number of amides is 1. The molecule has 2 aromatic carbocycles. The van der Waals surface area contributed by atoms with Crippen LogP contribution >= 0.6 is 0 Å². The number of piperidine rings is 1. The maximum Gasteiger partial charge on any atom is 0.401 e. The lowest BCUT2D eigenvalue weighted by Crippen LogP contribution is -2.28. The smallest absolute Gasteiger partial charge is 0.358 e. The average Bonchev–Trinajstić information content (AvgIpc) is 3.69. The van der Waals surface area contributed by atoms with Crippen molar-refractivity contribution in [2.24, 2.45) is 0 Å². The zero-order valence-electron chi connectivity index (χ0n) is 22.5. The van der Waals surface area contributed by atoms with E-state index < -0.39 is 23.3 Å². The highest BCUT2D eigenvalue weighted by Gasteiger charge is 2.66.